The minimum Gasteiger partial charge on any atom is -0.496 e. The summed E-state index contributed by atoms with van der Waals surface area (Å²) in [5.74, 6) is -0.0687. The van der Waals surface area contributed by atoms with Gasteiger partial charge in [-0.05, 0) is 40.0 Å². The minimum atomic E-state index is -0.803. The van der Waals surface area contributed by atoms with Crippen LogP contribution in [0.2, 0.25) is 0 Å². The number of ether oxygens (including phenoxy) is 1. The van der Waals surface area contributed by atoms with Gasteiger partial charge in [0.1, 0.15) is 5.75 Å². The molecule has 0 aliphatic carbocycles. The maximum absolute atomic E-state index is 10.9. The van der Waals surface area contributed by atoms with Gasteiger partial charge in [-0.2, -0.15) is 0 Å². The van der Waals surface area contributed by atoms with Gasteiger partial charge < -0.3 is 9.84 Å². The standard InChI is InChI=1S/C13H17BrO3/c1-8-5-9(12(14)10(6-8)17-4)13(2,3)7-11(15)16/h5-6H,7H2,1-4H3,(H,15,16). The van der Waals surface area contributed by atoms with Gasteiger partial charge in [0, 0.05) is 5.41 Å². The molecule has 0 bridgehead atoms. The maximum atomic E-state index is 10.9. The SMILES string of the molecule is COc1cc(C)cc(C(C)(C)CC(=O)O)c1Br. The number of hydrogen-bond donors (Lipinski definition) is 1. The van der Waals surface area contributed by atoms with Gasteiger partial charge in [-0.15, -0.1) is 0 Å². The largest absolute Gasteiger partial charge is 0.496 e. The molecule has 0 unspecified atom stereocenters. The Morgan fingerprint density at radius 2 is 2.06 bits per heavy atom. The minimum absolute atomic E-state index is 0.0816. The zero-order chi connectivity index (χ0) is 13.2. The van der Waals surface area contributed by atoms with Crippen molar-refractivity contribution >= 4 is 21.9 Å². The van der Waals surface area contributed by atoms with Gasteiger partial charge in [-0.1, -0.05) is 19.9 Å². The average molecular weight is 301 g/mol. The lowest BCUT2D eigenvalue weighted by Gasteiger charge is -2.26. The van der Waals surface area contributed by atoms with Gasteiger partial charge in [0.15, 0.2) is 0 Å². The number of hydrogen-bond acceptors (Lipinski definition) is 2. The predicted molar refractivity (Wildman–Crippen MR) is 70.7 cm³/mol. The zero-order valence-corrected chi connectivity index (χ0v) is 12.1. The number of rotatable bonds is 4. The van der Waals surface area contributed by atoms with E-state index in [0.29, 0.717) is 0 Å². The smallest absolute Gasteiger partial charge is 0.304 e. The monoisotopic (exact) mass is 300 g/mol. The van der Waals surface area contributed by atoms with Crippen LogP contribution < -0.4 is 4.74 Å². The van der Waals surface area contributed by atoms with Crippen molar-refractivity contribution in [3.8, 4) is 5.75 Å². The molecule has 4 heteroatoms. The number of aliphatic carboxylic acids is 1. The Kier molecular flexibility index (Phi) is 4.20. The molecule has 0 saturated carbocycles. The van der Waals surface area contributed by atoms with Gasteiger partial charge in [0.05, 0.1) is 18.0 Å². The second kappa shape index (κ2) is 5.08. The van der Waals surface area contributed by atoms with Crippen molar-refractivity contribution in [2.45, 2.75) is 32.6 Å². The van der Waals surface area contributed by atoms with Crippen LogP contribution in [-0.4, -0.2) is 18.2 Å². The number of aryl methyl sites for hydroxylation is 1. The summed E-state index contributed by atoms with van der Waals surface area (Å²) in [6, 6.07) is 3.92. The first-order chi connectivity index (χ1) is 7.77. The van der Waals surface area contributed by atoms with Gasteiger partial charge >= 0.3 is 5.97 Å². The normalized spacial score (nSPS) is 11.4. The van der Waals surface area contributed by atoms with E-state index in [2.05, 4.69) is 15.9 Å². The highest BCUT2D eigenvalue weighted by atomic mass is 79.9. The Labute approximate surface area is 110 Å². The van der Waals surface area contributed by atoms with Crippen LogP contribution in [0.4, 0.5) is 0 Å². The Balaban J connectivity index is 3.29. The molecule has 0 radical (unpaired) electrons. The Morgan fingerprint density at radius 1 is 1.47 bits per heavy atom. The lowest BCUT2D eigenvalue weighted by atomic mass is 9.81. The lowest BCUT2D eigenvalue weighted by molar-refractivity contribution is -0.138. The first-order valence-electron chi connectivity index (χ1n) is 5.34. The number of carboxylic acid groups (broad SMARTS) is 1. The van der Waals surface area contributed by atoms with Crippen LogP contribution in [0, 0.1) is 6.92 Å². The van der Waals surface area contributed by atoms with E-state index in [0.717, 1.165) is 21.3 Å². The highest BCUT2D eigenvalue weighted by Gasteiger charge is 2.27. The molecule has 17 heavy (non-hydrogen) atoms. The van der Waals surface area contributed by atoms with E-state index in [4.69, 9.17) is 9.84 Å². The number of benzene rings is 1. The molecular formula is C13H17BrO3. The molecule has 3 nitrogen and oxygen atoms in total. The summed E-state index contributed by atoms with van der Waals surface area (Å²) in [7, 11) is 1.60. The number of carboxylic acids is 1. The molecule has 0 aliphatic rings. The fraction of sp³-hybridized carbons (Fsp3) is 0.462. The topological polar surface area (TPSA) is 46.5 Å². The molecule has 0 heterocycles. The van der Waals surface area contributed by atoms with Crippen LogP contribution in [-0.2, 0) is 10.2 Å². The number of halogens is 1. The van der Waals surface area contributed by atoms with E-state index in [1.807, 2.05) is 32.9 Å². The molecule has 0 amide bonds. The Hall–Kier alpha value is -1.03. The number of methoxy groups -OCH3 is 1. The van der Waals surface area contributed by atoms with E-state index in [-0.39, 0.29) is 6.42 Å². The average Bonchev–Trinajstić information content (AvgIpc) is 2.18. The van der Waals surface area contributed by atoms with Gasteiger partial charge in [-0.25, -0.2) is 0 Å². The molecule has 94 valence electrons. The molecule has 1 N–H and O–H groups in total. The van der Waals surface area contributed by atoms with Crippen molar-refractivity contribution < 1.29 is 14.6 Å². The third-order valence-corrected chi connectivity index (χ3v) is 3.54. The van der Waals surface area contributed by atoms with Crippen molar-refractivity contribution in [1.29, 1.82) is 0 Å². The maximum Gasteiger partial charge on any atom is 0.304 e. The van der Waals surface area contributed by atoms with Crippen LogP contribution in [0.1, 0.15) is 31.4 Å². The summed E-state index contributed by atoms with van der Waals surface area (Å²) in [6.45, 7) is 5.80. The zero-order valence-electron chi connectivity index (χ0n) is 10.5. The summed E-state index contributed by atoms with van der Waals surface area (Å²) in [5, 5.41) is 8.95. The van der Waals surface area contributed by atoms with Crippen LogP contribution >= 0.6 is 15.9 Å². The third kappa shape index (κ3) is 3.22. The predicted octanol–water partition coefficient (Wildman–Crippen LogP) is 3.52. The summed E-state index contributed by atoms with van der Waals surface area (Å²) >= 11 is 3.48. The summed E-state index contributed by atoms with van der Waals surface area (Å²) < 4.78 is 6.10. The van der Waals surface area contributed by atoms with Crippen LogP contribution in [0.15, 0.2) is 16.6 Å². The Bertz CT molecular complexity index is 439. The van der Waals surface area contributed by atoms with Crippen molar-refractivity contribution in [2.75, 3.05) is 7.11 Å². The fourth-order valence-corrected chi connectivity index (χ4v) is 2.78. The summed E-state index contributed by atoms with van der Waals surface area (Å²) in [5.41, 5.74) is 1.57. The molecule has 1 aromatic carbocycles. The second-order valence-electron chi connectivity index (χ2n) is 4.78. The summed E-state index contributed by atoms with van der Waals surface area (Å²) in [6.07, 6.45) is 0.0816. The molecule has 0 atom stereocenters. The first-order valence-corrected chi connectivity index (χ1v) is 6.13. The van der Waals surface area contributed by atoms with Crippen LogP contribution in [0.5, 0.6) is 5.75 Å². The van der Waals surface area contributed by atoms with Crippen molar-refractivity contribution in [3.63, 3.8) is 0 Å². The fourth-order valence-electron chi connectivity index (χ4n) is 1.85. The molecule has 0 spiro atoms. The van der Waals surface area contributed by atoms with Gasteiger partial charge in [0.2, 0.25) is 0 Å². The molecular weight excluding hydrogens is 284 g/mol. The van der Waals surface area contributed by atoms with E-state index in [9.17, 15) is 4.79 Å². The van der Waals surface area contributed by atoms with Gasteiger partial charge in [-0.3, -0.25) is 4.79 Å². The van der Waals surface area contributed by atoms with E-state index < -0.39 is 11.4 Å². The first kappa shape index (κ1) is 14.0. The molecule has 1 rings (SSSR count). The molecule has 0 fully saturated rings. The second-order valence-corrected chi connectivity index (χ2v) is 5.58. The van der Waals surface area contributed by atoms with Crippen molar-refractivity contribution in [1.82, 2.24) is 0 Å². The Morgan fingerprint density at radius 3 is 2.53 bits per heavy atom. The summed E-state index contributed by atoms with van der Waals surface area (Å²) in [4.78, 5) is 10.9. The van der Waals surface area contributed by atoms with E-state index >= 15 is 0 Å². The third-order valence-electron chi connectivity index (χ3n) is 2.73. The van der Waals surface area contributed by atoms with Crippen molar-refractivity contribution in [3.05, 3.63) is 27.7 Å². The van der Waals surface area contributed by atoms with Crippen LogP contribution in [0.3, 0.4) is 0 Å². The highest BCUT2D eigenvalue weighted by Crippen LogP contribution is 2.39. The van der Waals surface area contributed by atoms with Crippen molar-refractivity contribution in [2.24, 2.45) is 0 Å². The van der Waals surface area contributed by atoms with Crippen LogP contribution in [0.25, 0.3) is 0 Å². The highest BCUT2D eigenvalue weighted by molar-refractivity contribution is 9.10. The number of carbonyl (C=O) groups is 1. The molecule has 0 aliphatic heterocycles. The van der Waals surface area contributed by atoms with E-state index in [1.165, 1.54) is 0 Å². The molecule has 1 aromatic rings. The molecule has 0 saturated heterocycles. The van der Waals surface area contributed by atoms with E-state index in [1.54, 1.807) is 7.11 Å². The lowest BCUT2D eigenvalue weighted by Crippen LogP contribution is -2.22. The van der Waals surface area contributed by atoms with Gasteiger partial charge in [0.25, 0.3) is 0 Å². The quantitative estimate of drug-likeness (QED) is 0.925. The molecule has 0 aromatic heterocycles.